The van der Waals surface area contributed by atoms with Crippen LogP contribution in [-0.2, 0) is 4.79 Å². The summed E-state index contributed by atoms with van der Waals surface area (Å²) >= 11 is 1.38. The van der Waals surface area contributed by atoms with Gasteiger partial charge in [0, 0.05) is 38.4 Å². The molecule has 1 aromatic heterocycles. The monoisotopic (exact) mass is 434 g/mol. The van der Waals surface area contributed by atoms with Gasteiger partial charge in [0.15, 0.2) is 0 Å². The molecule has 2 aliphatic rings. The first kappa shape index (κ1) is 24.0. The molecule has 152 valence electrons. The molecule has 0 radical (unpaired) electrons. The van der Waals surface area contributed by atoms with Crippen molar-refractivity contribution in [1.82, 2.24) is 14.8 Å². The Kier molecular flexibility index (Phi) is 9.87. The molecule has 2 fully saturated rings. The molecule has 1 aromatic rings. The predicted octanol–water partition coefficient (Wildman–Crippen LogP) is 2.59. The van der Waals surface area contributed by atoms with E-state index in [4.69, 9.17) is 5.73 Å². The smallest absolute Gasteiger partial charge is 0.256 e. The Bertz CT molecular complexity index is 636. The minimum absolute atomic E-state index is 0. The van der Waals surface area contributed by atoms with Crippen molar-refractivity contribution in [2.24, 2.45) is 5.73 Å². The van der Waals surface area contributed by atoms with Crippen LogP contribution in [0.1, 0.15) is 43.0 Å². The van der Waals surface area contributed by atoms with Crippen LogP contribution < -0.4 is 5.73 Å². The molecule has 1 unspecified atom stereocenters. The van der Waals surface area contributed by atoms with Gasteiger partial charge in [-0.1, -0.05) is 11.8 Å². The first-order chi connectivity index (χ1) is 12.1. The van der Waals surface area contributed by atoms with Crippen LogP contribution >= 0.6 is 36.6 Å². The second-order valence-electron chi connectivity index (χ2n) is 6.78. The Morgan fingerprint density at radius 2 is 1.78 bits per heavy atom. The Morgan fingerprint density at radius 1 is 1.15 bits per heavy atom. The van der Waals surface area contributed by atoms with Gasteiger partial charge < -0.3 is 15.5 Å². The number of carbonyl (C=O) groups is 2. The first-order valence-electron chi connectivity index (χ1n) is 9.01. The van der Waals surface area contributed by atoms with E-state index in [-0.39, 0.29) is 47.9 Å². The molecule has 2 saturated heterocycles. The zero-order valence-electron chi connectivity index (χ0n) is 15.5. The quantitative estimate of drug-likeness (QED) is 0.736. The van der Waals surface area contributed by atoms with E-state index >= 15 is 0 Å². The van der Waals surface area contributed by atoms with Gasteiger partial charge in [0.25, 0.3) is 5.91 Å². The second kappa shape index (κ2) is 11.1. The highest BCUT2D eigenvalue weighted by atomic mass is 35.5. The molecule has 0 bridgehead atoms. The van der Waals surface area contributed by atoms with Crippen molar-refractivity contribution < 1.29 is 9.59 Å². The van der Waals surface area contributed by atoms with Crippen LogP contribution in [-0.4, -0.2) is 64.1 Å². The zero-order valence-corrected chi connectivity index (χ0v) is 18.0. The molecule has 27 heavy (non-hydrogen) atoms. The van der Waals surface area contributed by atoms with Crippen LogP contribution in [0, 0.1) is 0 Å². The summed E-state index contributed by atoms with van der Waals surface area (Å²) in [6, 6.07) is 3.77. The summed E-state index contributed by atoms with van der Waals surface area (Å²) in [5, 5.41) is 0.400. The van der Waals surface area contributed by atoms with E-state index < -0.39 is 0 Å². The maximum absolute atomic E-state index is 12.9. The van der Waals surface area contributed by atoms with E-state index in [1.165, 1.54) is 11.8 Å². The van der Waals surface area contributed by atoms with E-state index in [2.05, 4.69) is 4.98 Å². The maximum atomic E-state index is 12.9. The SMILES string of the molecule is CC(Sc1ncccc1C(=O)N1CCC(N)CC1)C(=O)N1CCCC1.Cl.Cl. The Morgan fingerprint density at radius 3 is 2.41 bits per heavy atom. The number of nitrogens with two attached hydrogens (primary N) is 1. The van der Waals surface area contributed by atoms with Gasteiger partial charge in [-0.05, 0) is 44.7 Å². The molecule has 3 heterocycles. The van der Waals surface area contributed by atoms with Gasteiger partial charge in [-0.25, -0.2) is 4.98 Å². The third-order valence-electron chi connectivity index (χ3n) is 4.88. The highest BCUT2D eigenvalue weighted by Gasteiger charge is 2.28. The largest absolute Gasteiger partial charge is 0.342 e. The van der Waals surface area contributed by atoms with E-state index in [1.54, 1.807) is 18.3 Å². The summed E-state index contributed by atoms with van der Waals surface area (Å²) < 4.78 is 0. The van der Waals surface area contributed by atoms with Crippen LogP contribution in [0.4, 0.5) is 0 Å². The number of hydrogen-bond donors (Lipinski definition) is 1. The number of carbonyl (C=O) groups excluding carboxylic acids is 2. The van der Waals surface area contributed by atoms with E-state index in [1.807, 2.05) is 16.7 Å². The van der Waals surface area contributed by atoms with Crippen molar-refractivity contribution in [2.45, 2.75) is 48.9 Å². The lowest BCUT2D eigenvalue weighted by atomic mass is 10.1. The molecule has 1 atom stereocenters. The van der Waals surface area contributed by atoms with Crippen LogP contribution in [0.3, 0.4) is 0 Å². The van der Waals surface area contributed by atoms with Gasteiger partial charge in [0.2, 0.25) is 5.91 Å². The van der Waals surface area contributed by atoms with E-state index in [9.17, 15) is 9.59 Å². The van der Waals surface area contributed by atoms with Crippen molar-refractivity contribution >= 4 is 48.4 Å². The standard InChI is InChI=1S/C18H26N4O2S.2ClH/c1-13(17(23)21-9-2-3-10-21)25-16-15(5-4-8-20-16)18(24)22-11-6-14(19)7-12-22;;/h4-5,8,13-14H,2-3,6-7,9-12,19H2,1H3;2*1H. The van der Waals surface area contributed by atoms with Gasteiger partial charge in [0.1, 0.15) is 5.03 Å². The molecule has 2 aliphatic heterocycles. The minimum atomic E-state index is -0.241. The van der Waals surface area contributed by atoms with Crippen molar-refractivity contribution in [2.75, 3.05) is 26.2 Å². The van der Waals surface area contributed by atoms with Gasteiger partial charge in [0.05, 0.1) is 10.8 Å². The fourth-order valence-corrected chi connectivity index (χ4v) is 4.32. The fourth-order valence-electron chi connectivity index (χ4n) is 3.33. The molecule has 9 heteroatoms. The third-order valence-corrected chi connectivity index (χ3v) is 5.99. The number of thioether (sulfide) groups is 1. The van der Waals surface area contributed by atoms with Crippen LogP contribution in [0.25, 0.3) is 0 Å². The number of hydrogen-bond acceptors (Lipinski definition) is 5. The van der Waals surface area contributed by atoms with Gasteiger partial charge in [-0.3, -0.25) is 9.59 Å². The average Bonchev–Trinajstić information content (AvgIpc) is 3.16. The lowest BCUT2D eigenvalue weighted by Crippen LogP contribution is -2.43. The molecule has 3 rings (SSSR count). The minimum Gasteiger partial charge on any atom is -0.342 e. The van der Waals surface area contributed by atoms with Crippen molar-refractivity contribution in [3.05, 3.63) is 23.9 Å². The average molecular weight is 435 g/mol. The third kappa shape index (κ3) is 5.98. The van der Waals surface area contributed by atoms with Gasteiger partial charge in [-0.2, -0.15) is 0 Å². The number of rotatable bonds is 4. The highest BCUT2D eigenvalue weighted by Crippen LogP contribution is 2.28. The first-order valence-corrected chi connectivity index (χ1v) is 9.89. The Labute approximate surface area is 177 Å². The topological polar surface area (TPSA) is 79.5 Å². The molecule has 0 aromatic carbocycles. The number of likely N-dealkylation sites (tertiary alicyclic amines) is 2. The number of pyridine rings is 1. The number of nitrogens with zero attached hydrogens (tertiary/aromatic N) is 3. The van der Waals surface area contributed by atoms with Crippen molar-refractivity contribution in [3.8, 4) is 0 Å². The molecule has 0 aliphatic carbocycles. The van der Waals surface area contributed by atoms with Crippen molar-refractivity contribution in [3.63, 3.8) is 0 Å². The van der Waals surface area contributed by atoms with E-state index in [0.29, 0.717) is 23.7 Å². The fraction of sp³-hybridized carbons (Fsp3) is 0.611. The summed E-state index contributed by atoms with van der Waals surface area (Å²) in [5.74, 6) is 0.124. The summed E-state index contributed by atoms with van der Waals surface area (Å²) in [4.78, 5) is 33.5. The summed E-state index contributed by atoms with van der Waals surface area (Å²) in [6.07, 6.45) is 5.50. The molecule has 0 saturated carbocycles. The van der Waals surface area contributed by atoms with Gasteiger partial charge >= 0.3 is 0 Å². The molecular formula is C18H28Cl2N4O2S. The lowest BCUT2D eigenvalue weighted by Gasteiger charge is -2.30. The summed E-state index contributed by atoms with van der Waals surface area (Å²) in [7, 11) is 0. The normalized spacial score (nSPS) is 18.4. The summed E-state index contributed by atoms with van der Waals surface area (Å²) in [6.45, 7) is 4.94. The summed E-state index contributed by atoms with van der Waals surface area (Å²) in [5.41, 5.74) is 6.52. The van der Waals surface area contributed by atoms with Crippen LogP contribution in [0.5, 0.6) is 0 Å². The number of amides is 2. The molecular weight excluding hydrogens is 407 g/mol. The Balaban J connectivity index is 0.00000182. The van der Waals surface area contributed by atoms with Gasteiger partial charge in [-0.15, -0.1) is 24.8 Å². The zero-order chi connectivity index (χ0) is 17.8. The maximum Gasteiger partial charge on any atom is 0.256 e. The van der Waals surface area contributed by atoms with Crippen molar-refractivity contribution in [1.29, 1.82) is 0 Å². The molecule has 2 N–H and O–H groups in total. The molecule has 0 spiro atoms. The number of aromatic nitrogens is 1. The predicted molar refractivity (Wildman–Crippen MR) is 113 cm³/mol. The number of piperidine rings is 1. The van der Waals surface area contributed by atoms with E-state index in [0.717, 1.165) is 38.8 Å². The molecule has 2 amide bonds. The molecule has 6 nitrogen and oxygen atoms in total. The second-order valence-corrected chi connectivity index (χ2v) is 8.11. The Hall–Kier alpha value is -1.02. The highest BCUT2D eigenvalue weighted by molar-refractivity contribution is 8.00. The van der Waals surface area contributed by atoms with Crippen LogP contribution in [0.2, 0.25) is 0 Å². The number of halogens is 2. The van der Waals surface area contributed by atoms with Crippen LogP contribution in [0.15, 0.2) is 23.4 Å². The lowest BCUT2D eigenvalue weighted by molar-refractivity contribution is -0.129.